The lowest BCUT2D eigenvalue weighted by Crippen LogP contribution is -2.30. The van der Waals surface area contributed by atoms with Crippen LogP contribution in [0, 0.1) is 18.8 Å². The quantitative estimate of drug-likeness (QED) is 0.809. The molecule has 0 aromatic carbocycles. The monoisotopic (exact) mass is 289 g/mol. The van der Waals surface area contributed by atoms with E-state index in [1.165, 1.54) is 69.3 Å². The highest BCUT2D eigenvalue weighted by Gasteiger charge is 2.28. The van der Waals surface area contributed by atoms with Crippen molar-refractivity contribution in [1.82, 2.24) is 15.1 Å². The molecule has 2 atom stereocenters. The minimum atomic E-state index is 0.845. The number of rotatable bonds is 6. The second kappa shape index (κ2) is 6.95. The summed E-state index contributed by atoms with van der Waals surface area (Å²) in [7, 11) is 0. The van der Waals surface area contributed by atoms with Crippen LogP contribution in [0.25, 0.3) is 0 Å². The maximum absolute atomic E-state index is 4.63. The number of hydrogen-bond acceptors (Lipinski definition) is 2. The summed E-state index contributed by atoms with van der Waals surface area (Å²) in [5, 5.41) is 8.41. The minimum absolute atomic E-state index is 0.845. The molecule has 0 radical (unpaired) electrons. The zero-order valence-electron chi connectivity index (χ0n) is 13.8. The normalized spacial score (nSPS) is 26.8. The summed E-state index contributed by atoms with van der Waals surface area (Å²) in [6.07, 6.45) is 11.1. The standard InChI is InChI=1S/C18H31N3/c1-3-21-18(11-14(2)20-21)12-15-7-5-4-6-8-16(15)13-19-17-9-10-17/h11,15-17,19H,3-10,12-13H2,1-2H3. The Morgan fingerprint density at radius 3 is 2.62 bits per heavy atom. The fourth-order valence-electron chi connectivity index (χ4n) is 3.91. The molecule has 2 aliphatic rings. The second-order valence-electron chi connectivity index (χ2n) is 7.14. The molecular weight excluding hydrogens is 258 g/mol. The van der Waals surface area contributed by atoms with Gasteiger partial charge in [0.25, 0.3) is 0 Å². The van der Waals surface area contributed by atoms with E-state index in [0.717, 1.165) is 24.4 Å². The van der Waals surface area contributed by atoms with Gasteiger partial charge < -0.3 is 5.32 Å². The van der Waals surface area contributed by atoms with E-state index < -0.39 is 0 Å². The molecule has 2 unspecified atom stereocenters. The topological polar surface area (TPSA) is 29.9 Å². The molecule has 1 N–H and O–H groups in total. The van der Waals surface area contributed by atoms with Crippen molar-refractivity contribution >= 4 is 0 Å². The molecule has 0 saturated heterocycles. The molecule has 2 fully saturated rings. The Bertz CT molecular complexity index is 447. The summed E-state index contributed by atoms with van der Waals surface area (Å²) in [6.45, 7) is 6.57. The molecule has 3 heteroatoms. The third-order valence-corrected chi connectivity index (χ3v) is 5.32. The van der Waals surface area contributed by atoms with Gasteiger partial charge in [-0.3, -0.25) is 4.68 Å². The maximum atomic E-state index is 4.63. The van der Waals surface area contributed by atoms with Crippen molar-refractivity contribution in [2.24, 2.45) is 11.8 Å². The van der Waals surface area contributed by atoms with Crippen LogP contribution in [0.5, 0.6) is 0 Å². The van der Waals surface area contributed by atoms with Crippen molar-refractivity contribution in [3.63, 3.8) is 0 Å². The molecule has 0 amide bonds. The van der Waals surface area contributed by atoms with Crippen LogP contribution in [0.15, 0.2) is 6.07 Å². The molecule has 2 aliphatic carbocycles. The van der Waals surface area contributed by atoms with E-state index in [1.54, 1.807) is 0 Å². The van der Waals surface area contributed by atoms with Crippen LogP contribution in [-0.4, -0.2) is 22.4 Å². The van der Waals surface area contributed by atoms with Crippen LogP contribution < -0.4 is 5.32 Å². The first kappa shape index (κ1) is 15.1. The van der Waals surface area contributed by atoms with Crippen molar-refractivity contribution < 1.29 is 0 Å². The largest absolute Gasteiger partial charge is 0.314 e. The average molecular weight is 289 g/mol. The van der Waals surface area contributed by atoms with Gasteiger partial charge in [0.15, 0.2) is 0 Å². The lowest BCUT2D eigenvalue weighted by molar-refractivity contribution is 0.291. The fraction of sp³-hybridized carbons (Fsp3) is 0.833. The molecule has 2 saturated carbocycles. The smallest absolute Gasteiger partial charge is 0.0596 e. The Balaban J connectivity index is 1.65. The maximum Gasteiger partial charge on any atom is 0.0596 e. The average Bonchev–Trinajstić information content (AvgIpc) is 3.25. The molecule has 0 bridgehead atoms. The third-order valence-electron chi connectivity index (χ3n) is 5.32. The molecule has 1 heterocycles. The van der Waals surface area contributed by atoms with Crippen molar-refractivity contribution in [3.8, 4) is 0 Å². The van der Waals surface area contributed by atoms with E-state index >= 15 is 0 Å². The van der Waals surface area contributed by atoms with Crippen LogP contribution in [-0.2, 0) is 13.0 Å². The second-order valence-corrected chi connectivity index (χ2v) is 7.14. The number of aromatic nitrogens is 2. The summed E-state index contributed by atoms with van der Waals surface area (Å²) < 4.78 is 2.21. The third kappa shape index (κ3) is 4.09. The predicted molar refractivity (Wildman–Crippen MR) is 87.4 cm³/mol. The lowest BCUT2D eigenvalue weighted by atomic mass is 9.84. The number of hydrogen-bond donors (Lipinski definition) is 1. The van der Waals surface area contributed by atoms with Crippen LogP contribution in [0.2, 0.25) is 0 Å². The summed E-state index contributed by atoms with van der Waals surface area (Å²) in [6, 6.07) is 3.15. The Labute approximate surface area is 129 Å². The van der Waals surface area contributed by atoms with Gasteiger partial charge in [-0.05, 0) is 70.4 Å². The summed E-state index contributed by atoms with van der Waals surface area (Å²) in [4.78, 5) is 0. The zero-order chi connectivity index (χ0) is 14.7. The first-order chi connectivity index (χ1) is 10.3. The molecule has 0 spiro atoms. The van der Waals surface area contributed by atoms with Gasteiger partial charge in [0.1, 0.15) is 0 Å². The fourth-order valence-corrected chi connectivity index (χ4v) is 3.91. The van der Waals surface area contributed by atoms with Crippen LogP contribution in [0.3, 0.4) is 0 Å². The minimum Gasteiger partial charge on any atom is -0.314 e. The van der Waals surface area contributed by atoms with Gasteiger partial charge in [-0.25, -0.2) is 0 Å². The Kier molecular flexibility index (Phi) is 4.99. The van der Waals surface area contributed by atoms with Crippen molar-refractivity contribution in [1.29, 1.82) is 0 Å². The molecule has 1 aromatic heterocycles. The number of nitrogens with one attached hydrogen (secondary N) is 1. The van der Waals surface area contributed by atoms with E-state index in [-0.39, 0.29) is 0 Å². The van der Waals surface area contributed by atoms with Crippen LogP contribution in [0.1, 0.15) is 63.3 Å². The van der Waals surface area contributed by atoms with Gasteiger partial charge in [-0.15, -0.1) is 0 Å². The van der Waals surface area contributed by atoms with Gasteiger partial charge in [0.05, 0.1) is 5.69 Å². The van der Waals surface area contributed by atoms with Crippen molar-refractivity contribution in [2.45, 2.75) is 77.8 Å². The highest BCUT2D eigenvalue weighted by molar-refractivity contribution is 5.10. The predicted octanol–water partition coefficient (Wildman–Crippen LogP) is 3.70. The molecule has 0 aliphatic heterocycles. The number of aryl methyl sites for hydroxylation is 2. The summed E-state index contributed by atoms with van der Waals surface area (Å²) in [5.41, 5.74) is 2.63. The first-order valence-corrected chi connectivity index (χ1v) is 9.03. The SMILES string of the molecule is CCn1nc(C)cc1CC1CCCCCC1CNC1CC1. The Morgan fingerprint density at radius 2 is 1.90 bits per heavy atom. The number of nitrogens with zero attached hydrogens (tertiary/aromatic N) is 2. The summed E-state index contributed by atoms with van der Waals surface area (Å²) in [5.74, 6) is 1.72. The molecule has 118 valence electrons. The Hall–Kier alpha value is -0.830. The van der Waals surface area contributed by atoms with E-state index in [4.69, 9.17) is 0 Å². The van der Waals surface area contributed by atoms with Crippen LogP contribution >= 0.6 is 0 Å². The van der Waals surface area contributed by atoms with E-state index in [0.29, 0.717) is 0 Å². The van der Waals surface area contributed by atoms with Crippen molar-refractivity contribution in [3.05, 3.63) is 17.5 Å². The molecule has 3 rings (SSSR count). The molecular formula is C18H31N3. The van der Waals surface area contributed by atoms with E-state index in [1.807, 2.05) is 0 Å². The summed E-state index contributed by atoms with van der Waals surface area (Å²) >= 11 is 0. The lowest BCUT2D eigenvalue weighted by Gasteiger charge is -2.26. The van der Waals surface area contributed by atoms with Gasteiger partial charge in [0, 0.05) is 18.3 Å². The van der Waals surface area contributed by atoms with E-state index in [9.17, 15) is 0 Å². The highest BCUT2D eigenvalue weighted by Crippen LogP contribution is 2.32. The Morgan fingerprint density at radius 1 is 1.14 bits per heavy atom. The first-order valence-electron chi connectivity index (χ1n) is 9.03. The van der Waals surface area contributed by atoms with Gasteiger partial charge in [0.2, 0.25) is 0 Å². The van der Waals surface area contributed by atoms with Crippen LogP contribution in [0.4, 0.5) is 0 Å². The van der Waals surface area contributed by atoms with Crippen molar-refractivity contribution in [2.75, 3.05) is 6.54 Å². The molecule has 1 aromatic rings. The van der Waals surface area contributed by atoms with Gasteiger partial charge >= 0.3 is 0 Å². The zero-order valence-corrected chi connectivity index (χ0v) is 13.8. The van der Waals surface area contributed by atoms with Gasteiger partial charge in [-0.1, -0.05) is 19.3 Å². The molecule has 21 heavy (non-hydrogen) atoms. The van der Waals surface area contributed by atoms with Gasteiger partial charge in [-0.2, -0.15) is 5.10 Å². The molecule has 3 nitrogen and oxygen atoms in total. The highest BCUT2D eigenvalue weighted by atomic mass is 15.3. The van der Waals surface area contributed by atoms with E-state index in [2.05, 4.69) is 35.0 Å².